The Labute approximate surface area is 136 Å². The van der Waals surface area contributed by atoms with Gasteiger partial charge in [-0.15, -0.1) is 0 Å². The summed E-state index contributed by atoms with van der Waals surface area (Å²) in [5, 5.41) is 3.21. The van der Waals surface area contributed by atoms with E-state index in [0.29, 0.717) is 12.5 Å². The smallest absolute Gasteiger partial charge is 0.224 e. The Kier molecular flexibility index (Phi) is 4.79. The van der Waals surface area contributed by atoms with E-state index in [9.17, 15) is 0 Å². The van der Waals surface area contributed by atoms with Crippen LogP contribution in [0.25, 0.3) is 0 Å². The van der Waals surface area contributed by atoms with Gasteiger partial charge in [0.1, 0.15) is 5.82 Å². The fourth-order valence-electron chi connectivity index (χ4n) is 2.26. The Bertz CT molecular complexity index is 731. The number of nitrogens with one attached hydrogen (secondary N) is 1. The molecule has 0 atom stereocenters. The summed E-state index contributed by atoms with van der Waals surface area (Å²) in [6, 6.07) is 18.1. The van der Waals surface area contributed by atoms with Gasteiger partial charge in [0.2, 0.25) is 5.95 Å². The fraction of sp³-hybridized carbons (Fsp3) is 0.167. The van der Waals surface area contributed by atoms with Crippen LogP contribution < -0.4 is 10.2 Å². The standard InChI is InChI=1S/C18H19N5/c1-23(14-15-7-3-2-4-8-15)17-10-12-20-18(22-17)21-13-16-9-5-6-11-19-16/h2-12H,13-14H2,1H3,(H,20,21,22). The molecule has 3 aromatic rings. The molecule has 5 nitrogen and oxygen atoms in total. The van der Waals surface area contributed by atoms with Crippen molar-refractivity contribution in [3.63, 3.8) is 0 Å². The second kappa shape index (κ2) is 7.35. The average Bonchev–Trinajstić information content (AvgIpc) is 2.62. The van der Waals surface area contributed by atoms with Gasteiger partial charge >= 0.3 is 0 Å². The van der Waals surface area contributed by atoms with Crippen LogP contribution in [0.2, 0.25) is 0 Å². The molecule has 2 heterocycles. The first-order valence-corrected chi connectivity index (χ1v) is 7.53. The molecule has 0 amide bonds. The molecule has 0 aliphatic carbocycles. The molecule has 116 valence electrons. The van der Waals surface area contributed by atoms with Gasteiger partial charge in [0.25, 0.3) is 0 Å². The summed E-state index contributed by atoms with van der Waals surface area (Å²) in [5.74, 6) is 1.49. The summed E-state index contributed by atoms with van der Waals surface area (Å²) in [6.45, 7) is 1.41. The summed E-state index contributed by atoms with van der Waals surface area (Å²) in [7, 11) is 2.03. The Hall–Kier alpha value is -2.95. The maximum absolute atomic E-state index is 4.56. The summed E-state index contributed by atoms with van der Waals surface area (Å²) in [5.41, 5.74) is 2.20. The molecule has 0 aliphatic heterocycles. The van der Waals surface area contributed by atoms with E-state index in [1.165, 1.54) is 5.56 Å². The second-order valence-electron chi connectivity index (χ2n) is 5.25. The third-order valence-corrected chi connectivity index (χ3v) is 3.45. The first-order valence-electron chi connectivity index (χ1n) is 7.53. The highest BCUT2D eigenvalue weighted by Crippen LogP contribution is 2.14. The zero-order valence-corrected chi connectivity index (χ0v) is 13.1. The largest absolute Gasteiger partial charge is 0.355 e. The van der Waals surface area contributed by atoms with Crippen molar-refractivity contribution >= 4 is 11.8 Å². The molecule has 0 fully saturated rings. The van der Waals surface area contributed by atoms with E-state index in [-0.39, 0.29) is 0 Å². The Morgan fingerprint density at radius 2 is 1.74 bits per heavy atom. The van der Waals surface area contributed by atoms with Gasteiger partial charge in [0, 0.05) is 26.0 Å². The summed E-state index contributed by atoms with van der Waals surface area (Å²) < 4.78 is 0. The number of hydrogen-bond acceptors (Lipinski definition) is 5. The topological polar surface area (TPSA) is 53.9 Å². The molecule has 3 rings (SSSR count). The molecule has 0 bridgehead atoms. The van der Waals surface area contributed by atoms with Gasteiger partial charge in [-0.25, -0.2) is 4.98 Å². The number of pyridine rings is 1. The molecule has 0 saturated heterocycles. The number of aromatic nitrogens is 3. The van der Waals surface area contributed by atoms with Gasteiger partial charge < -0.3 is 10.2 Å². The van der Waals surface area contributed by atoms with Crippen LogP contribution >= 0.6 is 0 Å². The highest BCUT2D eigenvalue weighted by Gasteiger charge is 2.05. The molecular formula is C18H19N5. The quantitative estimate of drug-likeness (QED) is 0.758. The normalized spacial score (nSPS) is 10.3. The Balaban J connectivity index is 1.64. The van der Waals surface area contributed by atoms with Crippen molar-refractivity contribution in [1.82, 2.24) is 15.0 Å². The van der Waals surface area contributed by atoms with E-state index in [1.807, 2.05) is 49.5 Å². The highest BCUT2D eigenvalue weighted by molar-refractivity contribution is 5.42. The number of rotatable bonds is 6. The lowest BCUT2D eigenvalue weighted by Crippen LogP contribution is -2.18. The van der Waals surface area contributed by atoms with Gasteiger partial charge in [-0.3, -0.25) is 4.98 Å². The molecule has 0 spiro atoms. The SMILES string of the molecule is CN(Cc1ccccc1)c1ccnc(NCc2ccccn2)n1. The lowest BCUT2D eigenvalue weighted by Gasteiger charge is -2.18. The number of benzene rings is 1. The molecule has 0 saturated carbocycles. The summed E-state index contributed by atoms with van der Waals surface area (Å²) in [6.07, 6.45) is 3.55. The average molecular weight is 305 g/mol. The molecule has 0 unspecified atom stereocenters. The van der Waals surface area contributed by atoms with Crippen molar-refractivity contribution in [2.24, 2.45) is 0 Å². The lowest BCUT2D eigenvalue weighted by molar-refractivity contribution is 0.887. The van der Waals surface area contributed by atoms with E-state index < -0.39 is 0 Å². The zero-order chi connectivity index (χ0) is 15.9. The molecule has 5 heteroatoms. The fourth-order valence-corrected chi connectivity index (χ4v) is 2.26. The number of hydrogen-bond donors (Lipinski definition) is 1. The predicted molar refractivity (Wildman–Crippen MR) is 92.1 cm³/mol. The van der Waals surface area contributed by atoms with Crippen molar-refractivity contribution in [2.45, 2.75) is 13.1 Å². The maximum atomic E-state index is 4.56. The van der Waals surface area contributed by atoms with Crippen LogP contribution in [0.15, 0.2) is 67.0 Å². The minimum absolute atomic E-state index is 0.604. The van der Waals surface area contributed by atoms with Crippen LogP contribution in [0.3, 0.4) is 0 Å². The van der Waals surface area contributed by atoms with E-state index in [0.717, 1.165) is 18.1 Å². The van der Waals surface area contributed by atoms with E-state index in [2.05, 4.69) is 37.3 Å². The van der Waals surface area contributed by atoms with Crippen LogP contribution in [0, 0.1) is 0 Å². The third-order valence-electron chi connectivity index (χ3n) is 3.45. The molecule has 23 heavy (non-hydrogen) atoms. The van der Waals surface area contributed by atoms with Crippen LogP contribution in [-0.4, -0.2) is 22.0 Å². The van der Waals surface area contributed by atoms with Gasteiger partial charge in [-0.2, -0.15) is 4.98 Å². The molecule has 0 aliphatic rings. The van der Waals surface area contributed by atoms with Crippen LogP contribution in [0.1, 0.15) is 11.3 Å². The van der Waals surface area contributed by atoms with Crippen LogP contribution in [0.5, 0.6) is 0 Å². The van der Waals surface area contributed by atoms with Crippen molar-refractivity contribution in [3.8, 4) is 0 Å². The lowest BCUT2D eigenvalue weighted by atomic mass is 10.2. The maximum Gasteiger partial charge on any atom is 0.224 e. The van der Waals surface area contributed by atoms with Crippen molar-refractivity contribution in [2.75, 3.05) is 17.3 Å². The van der Waals surface area contributed by atoms with Crippen molar-refractivity contribution in [3.05, 3.63) is 78.2 Å². The van der Waals surface area contributed by atoms with Gasteiger partial charge in [0.05, 0.1) is 12.2 Å². The molecule has 1 N–H and O–H groups in total. The Morgan fingerprint density at radius 1 is 0.913 bits per heavy atom. The van der Waals surface area contributed by atoms with Gasteiger partial charge in [0.15, 0.2) is 0 Å². The van der Waals surface area contributed by atoms with Crippen molar-refractivity contribution < 1.29 is 0 Å². The number of nitrogens with zero attached hydrogens (tertiary/aromatic N) is 4. The third kappa shape index (κ3) is 4.26. The van der Waals surface area contributed by atoms with E-state index in [1.54, 1.807) is 12.4 Å². The molecule has 0 radical (unpaired) electrons. The number of anilines is 2. The van der Waals surface area contributed by atoms with Crippen LogP contribution in [0.4, 0.5) is 11.8 Å². The zero-order valence-electron chi connectivity index (χ0n) is 13.1. The molecular weight excluding hydrogens is 286 g/mol. The van der Waals surface area contributed by atoms with E-state index >= 15 is 0 Å². The van der Waals surface area contributed by atoms with Crippen molar-refractivity contribution in [1.29, 1.82) is 0 Å². The minimum atomic E-state index is 0.604. The molecule has 1 aromatic carbocycles. The van der Waals surface area contributed by atoms with Gasteiger partial charge in [-0.05, 0) is 23.8 Å². The first-order chi connectivity index (χ1) is 11.3. The minimum Gasteiger partial charge on any atom is -0.355 e. The highest BCUT2D eigenvalue weighted by atomic mass is 15.2. The summed E-state index contributed by atoms with van der Waals surface area (Å²) in [4.78, 5) is 15.2. The van der Waals surface area contributed by atoms with Gasteiger partial charge in [-0.1, -0.05) is 36.4 Å². The monoisotopic (exact) mass is 305 g/mol. The van der Waals surface area contributed by atoms with E-state index in [4.69, 9.17) is 0 Å². The van der Waals surface area contributed by atoms with Crippen LogP contribution in [-0.2, 0) is 13.1 Å². The summed E-state index contributed by atoms with van der Waals surface area (Å²) >= 11 is 0. The first kappa shape index (κ1) is 15.0. The molecule has 2 aromatic heterocycles. The predicted octanol–water partition coefficient (Wildman–Crippen LogP) is 3.12. The Morgan fingerprint density at radius 3 is 2.52 bits per heavy atom. The second-order valence-corrected chi connectivity index (χ2v) is 5.25.